The summed E-state index contributed by atoms with van der Waals surface area (Å²) in [6.07, 6.45) is 0.394. The van der Waals surface area contributed by atoms with Gasteiger partial charge in [-0.15, -0.1) is 0 Å². The molecule has 1 aliphatic rings. The fraction of sp³-hybridized carbons (Fsp3) is 0.242. The molecule has 5 rings (SSSR count). The molecule has 0 spiro atoms. The Morgan fingerprint density at radius 3 is 2.50 bits per heavy atom. The zero-order valence-corrected chi connectivity index (χ0v) is 23.5. The molecule has 2 atom stereocenters. The average molecular weight is 570 g/mol. The van der Waals surface area contributed by atoms with E-state index in [4.69, 9.17) is 14.2 Å². The van der Waals surface area contributed by atoms with Crippen LogP contribution in [0, 0.1) is 6.92 Å². The van der Waals surface area contributed by atoms with E-state index in [0.29, 0.717) is 34.7 Å². The van der Waals surface area contributed by atoms with E-state index >= 15 is 0 Å². The van der Waals surface area contributed by atoms with E-state index in [-0.39, 0.29) is 41.2 Å². The molecule has 9 heteroatoms. The topological polar surface area (TPSA) is 135 Å². The van der Waals surface area contributed by atoms with Crippen molar-refractivity contribution in [1.82, 2.24) is 4.98 Å². The predicted octanol–water partition coefficient (Wildman–Crippen LogP) is 5.60. The normalized spacial score (nSPS) is 14.7. The third-order valence-corrected chi connectivity index (χ3v) is 7.48. The molecule has 42 heavy (non-hydrogen) atoms. The van der Waals surface area contributed by atoms with Crippen LogP contribution in [0.4, 0.5) is 0 Å². The van der Waals surface area contributed by atoms with Gasteiger partial charge in [0.1, 0.15) is 35.7 Å². The van der Waals surface area contributed by atoms with E-state index in [2.05, 4.69) is 4.98 Å². The van der Waals surface area contributed by atoms with Gasteiger partial charge in [-0.25, -0.2) is 0 Å². The maximum atomic E-state index is 12.7. The third kappa shape index (κ3) is 5.51. The van der Waals surface area contributed by atoms with Crippen LogP contribution in [0.2, 0.25) is 0 Å². The highest BCUT2D eigenvalue weighted by molar-refractivity contribution is 5.98. The summed E-state index contributed by atoms with van der Waals surface area (Å²) in [5.74, 6) is -2.37. The molecule has 0 fully saturated rings. The van der Waals surface area contributed by atoms with Gasteiger partial charge in [0.15, 0.2) is 5.78 Å². The number of hydrogen-bond acceptors (Lipinski definition) is 9. The summed E-state index contributed by atoms with van der Waals surface area (Å²) in [7, 11) is 1.25. The summed E-state index contributed by atoms with van der Waals surface area (Å²) in [4.78, 5) is 29.5. The molecule has 0 radical (unpaired) electrons. The molecule has 4 aromatic rings. The number of benzene rings is 3. The number of aromatic hydroxyl groups is 3. The number of phenolic OH excluding ortho intramolecular Hbond substituents is 2. The lowest BCUT2D eigenvalue weighted by Crippen LogP contribution is -2.14. The number of fused-ring (bicyclic) bond motifs is 1. The SMILES string of the molecule is COC(=O)C[C@H](c1cccc(OCc2ccccc2)c1)c1c(O)c(C(C)=O)cc([C@@H]2OCc3cnc(C)c(O)c32)c1O. The second kappa shape index (κ2) is 11.9. The molecule has 0 saturated carbocycles. The first kappa shape index (κ1) is 28.6. The van der Waals surface area contributed by atoms with Crippen LogP contribution >= 0.6 is 0 Å². The minimum Gasteiger partial charge on any atom is -0.507 e. The fourth-order valence-electron chi connectivity index (χ4n) is 5.26. The molecule has 3 N–H and O–H groups in total. The van der Waals surface area contributed by atoms with Gasteiger partial charge in [-0.1, -0.05) is 42.5 Å². The standard InChI is InChI=1S/C33H31NO8/c1-18-30(37)28-22(15-34-18)17-42-33(28)26-13-24(19(2)35)31(38)29(32(26)39)25(14-27(36)40-3)21-10-7-11-23(12-21)41-16-20-8-5-4-6-9-20/h4-13,15,25,33,37-39H,14,16-17H2,1-3H3/t25-,33+/m1/s1. The monoisotopic (exact) mass is 569 g/mol. The predicted molar refractivity (Wildman–Crippen MR) is 153 cm³/mol. The smallest absolute Gasteiger partial charge is 0.306 e. The maximum absolute atomic E-state index is 12.7. The number of ketones is 1. The summed E-state index contributed by atoms with van der Waals surface area (Å²) in [5.41, 5.74) is 3.01. The number of methoxy groups -OCH3 is 1. The zero-order chi connectivity index (χ0) is 30.0. The minimum atomic E-state index is -0.946. The van der Waals surface area contributed by atoms with E-state index in [1.807, 2.05) is 30.3 Å². The van der Waals surface area contributed by atoms with Gasteiger partial charge in [0.05, 0.1) is 31.4 Å². The van der Waals surface area contributed by atoms with Gasteiger partial charge < -0.3 is 29.5 Å². The molecule has 216 valence electrons. The van der Waals surface area contributed by atoms with E-state index in [0.717, 1.165) is 5.56 Å². The summed E-state index contributed by atoms with van der Waals surface area (Å²) in [5, 5.41) is 33.9. The molecular formula is C33H31NO8. The molecule has 0 amide bonds. The van der Waals surface area contributed by atoms with E-state index in [9.17, 15) is 24.9 Å². The Kier molecular flexibility index (Phi) is 8.13. The molecule has 0 saturated heterocycles. The van der Waals surface area contributed by atoms with Gasteiger partial charge in [0.2, 0.25) is 0 Å². The number of esters is 1. The van der Waals surface area contributed by atoms with Crippen molar-refractivity contribution in [3.05, 3.63) is 111 Å². The number of Topliss-reactive ketones (excluding diaryl/α,β-unsaturated/α-hetero) is 1. The first-order valence-corrected chi connectivity index (χ1v) is 13.4. The number of phenols is 2. The molecule has 9 nitrogen and oxygen atoms in total. The maximum Gasteiger partial charge on any atom is 0.306 e. The zero-order valence-electron chi connectivity index (χ0n) is 23.5. The molecule has 1 aliphatic heterocycles. The summed E-state index contributed by atoms with van der Waals surface area (Å²) in [6.45, 7) is 3.37. The molecule has 2 heterocycles. The molecule has 0 unspecified atom stereocenters. The second-order valence-electron chi connectivity index (χ2n) is 10.2. The van der Waals surface area contributed by atoms with Crippen LogP contribution < -0.4 is 4.74 Å². The number of nitrogens with zero attached hydrogens (tertiary/aromatic N) is 1. The van der Waals surface area contributed by atoms with Crippen molar-refractivity contribution >= 4 is 11.8 Å². The van der Waals surface area contributed by atoms with Crippen molar-refractivity contribution in [3.63, 3.8) is 0 Å². The number of aryl methyl sites for hydroxylation is 1. The van der Waals surface area contributed by atoms with Gasteiger partial charge in [-0.3, -0.25) is 14.6 Å². The van der Waals surface area contributed by atoms with Gasteiger partial charge in [0.25, 0.3) is 0 Å². The van der Waals surface area contributed by atoms with E-state index < -0.39 is 29.5 Å². The second-order valence-corrected chi connectivity index (χ2v) is 10.2. The number of pyridine rings is 1. The number of hydrogen-bond donors (Lipinski definition) is 3. The van der Waals surface area contributed by atoms with Gasteiger partial charge in [0, 0.05) is 34.4 Å². The van der Waals surface area contributed by atoms with Crippen LogP contribution in [0.3, 0.4) is 0 Å². The van der Waals surface area contributed by atoms with Crippen LogP contribution in [0.25, 0.3) is 0 Å². The van der Waals surface area contributed by atoms with Crippen molar-refractivity contribution in [2.24, 2.45) is 0 Å². The Bertz CT molecular complexity index is 1650. The Labute approximate surface area is 243 Å². The number of ether oxygens (including phenoxy) is 3. The number of carbonyl (C=O) groups excluding carboxylic acids is 2. The van der Waals surface area contributed by atoms with Crippen LogP contribution in [-0.2, 0) is 27.5 Å². The van der Waals surface area contributed by atoms with Gasteiger partial charge in [-0.05, 0) is 43.2 Å². The highest BCUT2D eigenvalue weighted by Gasteiger charge is 2.36. The van der Waals surface area contributed by atoms with E-state index in [1.54, 1.807) is 37.4 Å². The largest absolute Gasteiger partial charge is 0.507 e. The van der Waals surface area contributed by atoms with Crippen molar-refractivity contribution in [2.45, 2.75) is 45.5 Å². The van der Waals surface area contributed by atoms with Crippen LogP contribution in [0.1, 0.15) is 74.8 Å². The van der Waals surface area contributed by atoms with Crippen molar-refractivity contribution in [3.8, 4) is 23.0 Å². The summed E-state index contributed by atoms with van der Waals surface area (Å²) >= 11 is 0. The number of aromatic nitrogens is 1. The molecule has 3 aromatic carbocycles. The van der Waals surface area contributed by atoms with Crippen LogP contribution in [0.15, 0.2) is 66.9 Å². The summed E-state index contributed by atoms with van der Waals surface area (Å²) in [6, 6.07) is 17.9. The van der Waals surface area contributed by atoms with E-state index in [1.165, 1.54) is 20.1 Å². The quantitative estimate of drug-likeness (QED) is 0.174. The Hall–Kier alpha value is -4.89. The van der Waals surface area contributed by atoms with Gasteiger partial charge >= 0.3 is 5.97 Å². The molecular weight excluding hydrogens is 538 g/mol. The molecule has 0 aliphatic carbocycles. The highest BCUT2D eigenvalue weighted by atomic mass is 16.5. The lowest BCUT2D eigenvalue weighted by Gasteiger charge is -2.25. The lowest BCUT2D eigenvalue weighted by atomic mass is 9.83. The van der Waals surface area contributed by atoms with Crippen molar-refractivity contribution < 1.29 is 39.1 Å². The number of carbonyl (C=O) groups is 2. The molecule has 1 aromatic heterocycles. The Balaban J connectivity index is 1.64. The molecule has 0 bridgehead atoms. The van der Waals surface area contributed by atoms with Crippen molar-refractivity contribution in [2.75, 3.05) is 7.11 Å². The highest BCUT2D eigenvalue weighted by Crippen LogP contribution is 2.50. The fourth-order valence-corrected chi connectivity index (χ4v) is 5.26. The average Bonchev–Trinajstić information content (AvgIpc) is 3.42. The summed E-state index contributed by atoms with van der Waals surface area (Å²) < 4.78 is 16.9. The first-order chi connectivity index (χ1) is 20.2. The Morgan fingerprint density at radius 1 is 1.02 bits per heavy atom. The van der Waals surface area contributed by atoms with Crippen molar-refractivity contribution in [1.29, 1.82) is 0 Å². The third-order valence-electron chi connectivity index (χ3n) is 7.48. The minimum absolute atomic E-state index is 0.0365. The first-order valence-electron chi connectivity index (χ1n) is 13.4. The Morgan fingerprint density at radius 2 is 1.79 bits per heavy atom. The van der Waals surface area contributed by atoms with Gasteiger partial charge in [-0.2, -0.15) is 0 Å². The van der Waals surface area contributed by atoms with Crippen LogP contribution in [-0.4, -0.2) is 39.2 Å². The number of rotatable bonds is 9. The van der Waals surface area contributed by atoms with Crippen LogP contribution in [0.5, 0.6) is 23.0 Å². The lowest BCUT2D eigenvalue weighted by molar-refractivity contribution is -0.140.